The fraction of sp³-hybridized carbons (Fsp3) is 0.211. The molecule has 0 saturated heterocycles. The van der Waals surface area contributed by atoms with E-state index in [1.54, 1.807) is 24.1 Å². The van der Waals surface area contributed by atoms with Crippen LogP contribution < -0.4 is 5.32 Å². The quantitative estimate of drug-likeness (QED) is 0.704. The molecule has 0 aliphatic heterocycles. The zero-order valence-electron chi connectivity index (χ0n) is 14.8. The standard InChI is InChI=1S/C19H19ClFN5O/c1-25(11-16-17(20)3-2-4-18(16)21)19(27)23-9-14-5-7-15(8-6-14)10-26-13-22-12-24-26/h2-8,12-13H,9-11H2,1H3,(H,23,27). The fourth-order valence-corrected chi connectivity index (χ4v) is 2.79. The number of halogens is 2. The number of carbonyl (C=O) groups is 1. The molecule has 1 heterocycles. The molecule has 3 aromatic rings. The molecule has 0 unspecified atom stereocenters. The second-order valence-corrected chi connectivity index (χ2v) is 6.53. The van der Waals surface area contributed by atoms with Gasteiger partial charge in [-0.25, -0.2) is 18.9 Å². The lowest BCUT2D eigenvalue weighted by Crippen LogP contribution is -2.36. The molecule has 0 aliphatic carbocycles. The van der Waals surface area contributed by atoms with Crippen molar-refractivity contribution >= 4 is 17.6 Å². The first-order valence-electron chi connectivity index (χ1n) is 8.35. The molecule has 0 spiro atoms. The first-order chi connectivity index (χ1) is 13.0. The Kier molecular flexibility index (Phi) is 6.03. The van der Waals surface area contributed by atoms with Crippen LogP contribution in [-0.4, -0.2) is 32.7 Å². The highest BCUT2D eigenvalue weighted by atomic mass is 35.5. The van der Waals surface area contributed by atoms with Gasteiger partial charge < -0.3 is 10.2 Å². The van der Waals surface area contributed by atoms with Crippen LogP contribution in [0, 0.1) is 5.82 Å². The lowest BCUT2D eigenvalue weighted by atomic mass is 10.1. The van der Waals surface area contributed by atoms with E-state index >= 15 is 0 Å². The van der Waals surface area contributed by atoms with Crippen LogP contribution in [0.2, 0.25) is 5.02 Å². The van der Waals surface area contributed by atoms with Crippen molar-refractivity contribution in [2.75, 3.05) is 7.05 Å². The minimum Gasteiger partial charge on any atom is -0.334 e. The van der Waals surface area contributed by atoms with E-state index in [0.717, 1.165) is 11.1 Å². The van der Waals surface area contributed by atoms with Gasteiger partial charge >= 0.3 is 6.03 Å². The number of amides is 2. The predicted octanol–water partition coefficient (Wildman–Crippen LogP) is 3.46. The first kappa shape index (κ1) is 18.8. The Morgan fingerprint density at radius 3 is 2.63 bits per heavy atom. The van der Waals surface area contributed by atoms with E-state index in [2.05, 4.69) is 15.4 Å². The smallest absolute Gasteiger partial charge is 0.317 e. The van der Waals surface area contributed by atoms with Crippen LogP contribution in [0.3, 0.4) is 0 Å². The monoisotopic (exact) mass is 387 g/mol. The largest absolute Gasteiger partial charge is 0.334 e. The molecule has 2 aromatic carbocycles. The minimum atomic E-state index is -0.426. The van der Waals surface area contributed by atoms with E-state index in [-0.39, 0.29) is 12.6 Å². The van der Waals surface area contributed by atoms with Crippen molar-refractivity contribution in [2.24, 2.45) is 0 Å². The second kappa shape index (κ2) is 8.64. The molecule has 140 valence electrons. The van der Waals surface area contributed by atoms with Crippen LogP contribution in [0.25, 0.3) is 0 Å². The maximum absolute atomic E-state index is 13.8. The summed E-state index contributed by atoms with van der Waals surface area (Å²) in [4.78, 5) is 17.6. The number of aromatic nitrogens is 3. The summed E-state index contributed by atoms with van der Waals surface area (Å²) < 4.78 is 15.6. The second-order valence-electron chi connectivity index (χ2n) is 6.12. The number of hydrogen-bond acceptors (Lipinski definition) is 3. The molecule has 0 fully saturated rings. The lowest BCUT2D eigenvalue weighted by Gasteiger charge is -2.19. The summed E-state index contributed by atoms with van der Waals surface area (Å²) >= 11 is 6.01. The Morgan fingerprint density at radius 1 is 1.22 bits per heavy atom. The van der Waals surface area contributed by atoms with Crippen molar-refractivity contribution in [2.45, 2.75) is 19.6 Å². The van der Waals surface area contributed by atoms with Crippen molar-refractivity contribution in [3.05, 3.63) is 82.6 Å². The predicted molar refractivity (Wildman–Crippen MR) is 101 cm³/mol. The van der Waals surface area contributed by atoms with Gasteiger partial charge in [-0.3, -0.25) is 0 Å². The maximum atomic E-state index is 13.8. The Hall–Kier alpha value is -2.93. The number of benzene rings is 2. The third-order valence-electron chi connectivity index (χ3n) is 4.08. The average molecular weight is 388 g/mol. The molecule has 6 nitrogen and oxygen atoms in total. The number of rotatable bonds is 6. The SMILES string of the molecule is CN(Cc1c(F)cccc1Cl)C(=O)NCc1ccc(Cn2cncn2)cc1. The summed E-state index contributed by atoms with van der Waals surface area (Å²) in [5.74, 6) is -0.426. The van der Waals surface area contributed by atoms with Crippen LogP contribution in [-0.2, 0) is 19.6 Å². The number of nitrogens with zero attached hydrogens (tertiary/aromatic N) is 4. The zero-order chi connectivity index (χ0) is 19.2. The Bertz CT molecular complexity index is 879. The normalized spacial score (nSPS) is 10.6. The van der Waals surface area contributed by atoms with Gasteiger partial charge in [0.1, 0.15) is 18.5 Å². The van der Waals surface area contributed by atoms with Gasteiger partial charge in [-0.1, -0.05) is 41.9 Å². The van der Waals surface area contributed by atoms with Crippen LogP contribution in [0.5, 0.6) is 0 Å². The highest BCUT2D eigenvalue weighted by molar-refractivity contribution is 6.31. The van der Waals surface area contributed by atoms with Gasteiger partial charge in [-0.05, 0) is 23.3 Å². The molecule has 0 radical (unpaired) electrons. The van der Waals surface area contributed by atoms with E-state index in [4.69, 9.17) is 11.6 Å². The van der Waals surface area contributed by atoms with Crippen LogP contribution in [0.15, 0.2) is 55.1 Å². The van der Waals surface area contributed by atoms with Crippen molar-refractivity contribution in [3.63, 3.8) is 0 Å². The Morgan fingerprint density at radius 2 is 1.96 bits per heavy atom. The summed E-state index contributed by atoms with van der Waals surface area (Å²) in [5.41, 5.74) is 2.35. The summed E-state index contributed by atoms with van der Waals surface area (Å²) in [6.07, 6.45) is 3.15. The molecule has 0 atom stereocenters. The van der Waals surface area contributed by atoms with Crippen LogP contribution >= 0.6 is 11.6 Å². The fourth-order valence-electron chi connectivity index (χ4n) is 2.57. The molecule has 0 saturated carbocycles. The van der Waals surface area contributed by atoms with Gasteiger partial charge in [0.2, 0.25) is 0 Å². The van der Waals surface area contributed by atoms with Crippen molar-refractivity contribution in [3.8, 4) is 0 Å². The number of carbonyl (C=O) groups excluding carboxylic acids is 1. The number of urea groups is 1. The minimum absolute atomic E-state index is 0.0915. The summed E-state index contributed by atoms with van der Waals surface area (Å²) in [7, 11) is 1.60. The van der Waals surface area contributed by atoms with Crippen LogP contribution in [0.4, 0.5) is 9.18 Å². The molecule has 3 rings (SSSR count). The molecular formula is C19H19ClFN5O. The van der Waals surface area contributed by atoms with Gasteiger partial charge in [0.25, 0.3) is 0 Å². The van der Waals surface area contributed by atoms with Gasteiger partial charge in [0.15, 0.2) is 0 Å². The lowest BCUT2D eigenvalue weighted by molar-refractivity contribution is 0.206. The van der Waals surface area contributed by atoms with Gasteiger partial charge in [-0.15, -0.1) is 0 Å². The molecule has 0 bridgehead atoms. The molecule has 0 aliphatic rings. The van der Waals surface area contributed by atoms with E-state index in [0.29, 0.717) is 23.7 Å². The Balaban J connectivity index is 1.52. The van der Waals surface area contributed by atoms with Gasteiger partial charge in [0.05, 0.1) is 13.1 Å². The van der Waals surface area contributed by atoms with Gasteiger partial charge in [-0.2, -0.15) is 5.10 Å². The topological polar surface area (TPSA) is 63.1 Å². The van der Waals surface area contributed by atoms with Crippen molar-refractivity contribution in [1.82, 2.24) is 25.0 Å². The number of hydrogen-bond donors (Lipinski definition) is 1. The molecule has 27 heavy (non-hydrogen) atoms. The van der Waals surface area contributed by atoms with E-state index in [1.165, 1.54) is 23.4 Å². The van der Waals surface area contributed by atoms with Crippen LogP contribution in [0.1, 0.15) is 16.7 Å². The summed E-state index contributed by atoms with van der Waals surface area (Å²) in [5, 5.41) is 7.19. The molecular weight excluding hydrogens is 369 g/mol. The third-order valence-corrected chi connectivity index (χ3v) is 4.44. The van der Waals surface area contributed by atoms with Crippen molar-refractivity contribution < 1.29 is 9.18 Å². The van der Waals surface area contributed by atoms with Crippen molar-refractivity contribution in [1.29, 1.82) is 0 Å². The molecule has 1 N–H and O–H groups in total. The third kappa shape index (κ3) is 5.04. The number of nitrogens with one attached hydrogen (secondary N) is 1. The van der Waals surface area contributed by atoms with E-state index < -0.39 is 5.82 Å². The van der Waals surface area contributed by atoms with Gasteiger partial charge in [0, 0.05) is 24.2 Å². The maximum Gasteiger partial charge on any atom is 0.317 e. The van der Waals surface area contributed by atoms with E-state index in [1.807, 2.05) is 24.3 Å². The first-order valence-corrected chi connectivity index (χ1v) is 8.73. The molecule has 2 amide bonds. The Labute approximate surface area is 161 Å². The zero-order valence-corrected chi connectivity index (χ0v) is 15.5. The molecule has 1 aromatic heterocycles. The highest BCUT2D eigenvalue weighted by Gasteiger charge is 2.14. The summed E-state index contributed by atoms with van der Waals surface area (Å²) in [6.45, 7) is 1.10. The highest BCUT2D eigenvalue weighted by Crippen LogP contribution is 2.20. The summed E-state index contributed by atoms with van der Waals surface area (Å²) in [6, 6.07) is 12.0. The van der Waals surface area contributed by atoms with E-state index in [9.17, 15) is 9.18 Å². The average Bonchev–Trinajstić information content (AvgIpc) is 3.17. The molecule has 8 heteroatoms.